The second-order valence-electron chi connectivity index (χ2n) is 4.92. The molecule has 4 N–H and O–H groups in total. The highest BCUT2D eigenvalue weighted by molar-refractivity contribution is 6.39. The van der Waals surface area contributed by atoms with Crippen LogP contribution in [0.5, 0.6) is 0 Å². The molecule has 0 bridgehead atoms. The molecule has 0 amide bonds. The molecule has 7 heteroatoms. The third-order valence-corrected chi connectivity index (χ3v) is 2.93. The molecule has 2 aromatic carbocycles. The van der Waals surface area contributed by atoms with E-state index in [0.717, 1.165) is 0 Å². The molecule has 0 aliphatic carbocycles. The van der Waals surface area contributed by atoms with Crippen LogP contribution in [0.3, 0.4) is 0 Å². The lowest BCUT2D eigenvalue weighted by atomic mass is 10.1. The van der Waals surface area contributed by atoms with Gasteiger partial charge in [-0.15, -0.1) is 0 Å². The Morgan fingerprint density at radius 1 is 0.846 bits per heavy atom. The van der Waals surface area contributed by atoms with Gasteiger partial charge in [-0.05, 0) is 18.6 Å². The van der Waals surface area contributed by atoms with Gasteiger partial charge >= 0.3 is 11.9 Å². The van der Waals surface area contributed by atoms with Gasteiger partial charge in [-0.1, -0.05) is 55.5 Å². The van der Waals surface area contributed by atoms with Crippen molar-refractivity contribution < 1.29 is 34.8 Å². The number of carbonyl (C=O) groups excluding carboxylic acids is 1. The van der Waals surface area contributed by atoms with E-state index in [-0.39, 0.29) is 12.2 Å². The highest BCUT2D eigenvalue weighted by Crippen LogP contribution is 1.99. The average Bonchev–Trinajstić information content (AvgIpc) is 2.69. The van der Waals surface area contributed by atoms with Gasteiger partial charge < -0.3 is 20.4 Å². The molecule has 0 aliphatic rings. The van der Waals surface area contributed by atoms with Crippen molar-refractivity contribution in [3.05, 3.63) is 71.8 Å². The first-order valence-electron chi connectivity index (χ1n) is 7.73. The Balaban J connectivity index is 0.000000378. The fraction of sp³-hybridized carbons (Fsp3) is 0.211. The largest absolute Gasteiger partial charge is 0.478 e. The molecule has 0 fully saturated rings. The topological polar surface area (TPSA) is 132 Å². The Bertz CT molecular complexity index is 665. The minimum atomic E-state index is -1.42. The Labute approximate surface area is 151 Å². The Morgan fingerprint density at radius 2 is 1.27 bits per heavy atom. The highest BCUT2D eigenvalue weighted by Gasteiger charge is 2.12. The number of carboxylic acid groups (broad SMARTS) is 2. The summed E-state index contributed by atoms with van der Waals surface area (Å²) < 4.78 is 0. The van der Waals surface area contributed by atoms with E-state index in [1.165, 1.54) is 12.1 Å². The van der Waals surface area contributed by atoms with Crippen LogP contribution in [0, 0.1) is 0 Å². The van der Waals surface area contributed by atoms with Crippen molar-refractivity contribution in [3.63, 3.8) is 0 Å². The molecular formula is C19H22O7. The van der Waals surface area contributed by atoms with Gasteiger partial charge in [0.1, 0.15) is 0 Å². The molecule has 1 unspecified atom stereocenters. The summed E-state index contributed by atoms with van der Waals surface area (Å²) in [6.07, 6.45) is 0.126. The summed E-state index contributed by atoms with van der Waals surface area (Å²) in [7, 11) is 0. The van der Waals surface area contributed by atoms with Crippen molar-refractivity contribution in [1.29, 1.82) is 0 Å². The number of aromatic carboxylic acids is 1. The smallest absolute Gasteiger partial charge is 0.377 e. The molecule has 7 nitrogen and oxygen atoms in total. The number of carbonyl (C=O) groups is 3. The van der Waals surface area contributed by atoms with E-state index in [2.05, 4.69) is 0 Å². The predicted molar refractivity (Wildman–Crippen MR) is 95.2 cm³/mol. The van der Waals surface area contributed by atoms with Crippen LogP contribution in [0.25, 0.3) is 0 Å². The summed E-state index contributed by atoms with van der Waals surface area (Å²) in [4.78, 5) is 31.1. The molecule has 0 spiro atoms. The third kappa shape index (κ3) is 9.96. The van der Waals surface area contributed by atoms with Gasteiger partial charge in [0, 0.05) is 5.56 Å². The molecular weight excluding hydrogens is 340 g/mol. The molecule has 0 saturated heterocycles. The van der Waals surface area contributed by atoms with Gasteiger partial charge in [-0.2, -0.15) is 0 Å². The van der Waals surface area contributed by atoms with Crippen LogP contribution in [-0.4, -0.2) is 50.9 Å². The van der Waals surface area contributed by atoms with Crippen LogP contribution in [-0.2, 0) is 4.79 Å². The third-order valence-electron chi connectivity index (χ3n) is 2.93. The number of aliphatic carboxylic acids is 1. The zero-order valence-corrected chi connectivity index (χ0v) is 14.3. The van der Waals surface area contributed by atoms with Crippen molar-refractivity contribution in [2.75, 3.05) is 6.61 Å². The lowest BCUT2D eigenvalue weighted by molar-refractivity contribution is -0.131. The number of Topliss-reactive ketones (excluding diaryl/α,β-unsaturated/α-hetero) is 1. The predicted octanol–water partition coefficient (Wildman–Crippen LogP) is 2.09. The molecule has 0 aliphatic heterocycles. The number of hydrogen-bond donors (Lipinski definition) is 4. The first-order chi connectivity index (χ1) is 12.3. The van der Waals surface area contributed by atoms with Crippen molar-refractivity contribution in [2.24, 2.45) is 0 Å². The van der Waals surface area contributed by atoms with E-state index >= 15 is 0 Å². The van der Waals surface area contributed by atoms with E-state index in [1.54, 1.807) is 48.5 Å². The zero-order chi connectivity index (χ0) is 19.9. The van der Waals surface area contributed by atoms with Crippen LogP contribution in [0.2, 0.25) is 0 Å². The molecule has 2 rings (SSSR count). The minimum absolute atomic E-state index is 0.115. The number of carboxylic acids is 2. The second-order valence-corrected chi connectivity index (χ2v) is 4.92. The number of rotatable bonds is 5. The molecule has 140 valence electrons. The molecule has 0 saturated carbocycles. The average molecular weight is 362 g/mol. The molecule has 2 aromatic rings. The Hall–Kier alpha value is -3.03. The summed E-state index contributed by atoms with van der Waals surface area (Å²) in [6, 6.07) is 16.2. The summed E-state index contributed by atoms with van der Waals surface area (Å²) >= 11 is 0. The maximum Gasteiger partial charge on any atom is 0.377 e. The number of aliphatic hydroxyl groups is 2. The van der Waals surface area contributed by atoms with Gasteiger partial charge in [0.15, 0.2) is 0 Å². The first-order valence-corrected chi connectivity index (χ1v) is 7.73. The number of benzene rings is 2. The molecule has 1 atom stereocenters. The molecule has 0 heterocycles. The fourth-order valence-electron chi connectivity index (χ4n) is 1.42. The van der Waals surface area contributed by atoms with Crippen LogP contribution in [0.15, 0.2) is 60.7 Å². The molecule has 0 radical (unpaired) electrons. The van der Waals surface area contributed by atoms with Gasteiger partial charge in [0.25, 0.3) is 5.78 Å². The Kier molecular flexibility index (Phi) is 11.7. The van der Waals surface area contributed by atoms with E-state index < -0.39 is 23.8 Å². The quantitative estimate of drug-likeness (QED) is 0.473. The van der Waals surface area contributed by atoms with Gasteiger partial charge in [0.2, 0.25) is 0 Å². The van der Waals surface area contributed by atoms with Gasteiger partial charge in [0.05, 0.1) is 18.3 Å². The lowest BCUT2D eigenvalue weighted by Gasteiger charge is -1.97. The van der Waals surface area contributed by atoms with Crippen molar-refractivity contribution in [2.45, 2.75) is 19.4 Å². The van der Waals surface area contributed by atoms with Gasteiger partial charge in [-0.25, -0.2) is 9.59 Å². The SMILES string of the molecule is CCC(O)CO.O=C(O)C(=O)c1ccccc1.O=C(O)c1ccccc1. The first kappa shape index (κ1) is 23.0. The van der Waals surface area contributed by atoms with Crippen molar-refractivity contribution >= 4 is 17.7 Å². The fourth-order valence-corrected chi connectivity index (χ4v) is 1.42. The lowest BCUT2D eigenvalue weighted by Crippen LogP contribution is -2.12. The molecule has 0 aromatic heterocycles. The Morgan fingerprint density at radius 3 is 1.50 bits per heavy atom. The van der Waals surface area contributed by atoms with Crippen LogP contribution in [0.1, 0.15) is 34.1 Å². The maximum absolute atomic E-state index is 10.7. The van der Waals surface area contributed by atoms with Crippen LogP contribution >= 0.6 is 0 Å². The van der Waals surface area contributed by atoms with E-state index in [0.29, 0.717) is 12.0 Å². The number of ketones is 1. The summed E-state index contributed by atoms with van der Waals surface area (Å²) in [6.45, 7) is 1.71. The van der Waals surface area contributed by atoms with E-state index in [1.807, 2.05) is 6.92 Å². The number of hydrogen-bond acceptors (Lipinski definition) is 5. The zero-order valence-electron chi connectivity index (χ0n) is 14.3. The minimum Gasteiger partial charge on any atom is -0.478 e. The molecule has 26 heavy (non-hydrogen) atoms. The van der Waals surface area contributed by atoms with Crippen LogP contribution in [0.4, 0.5) is 0 Å². The van der Waals surface area contributed by atoms with Gasteiger partial charge in [-0.3, -0.25) is 4.79 Å². The summed E-state index contributed by atoms with van der Waals surface area (Å²) in [5, 5.41) is 33.2. The van der Waals surface area contributed by atoms with Crippen LogP contribution < -0.4 is 0 Å². The van der Waals surface area contributed by atoms with Crippen molar-refractivity contribution in [3.8, 4) is 0 Å². The van der Waals surface area contributed by atoms with E-state index in [9.17, 15) is 14.4 Å². The summed E-state index contributed by atoms with van der Waals surface area (Å²) in [5.74, 6) is -3.17. The highest BCUT2D eigenvalue weighted by atomic mass is 16.4. The van der Waals surface area contributed by atoms with Crippen molar-refractivity contribution in [1.82, 2.24) is 0 Å². The monoisotopic (exact) mass is 362 g/mol. The normalized spacial score (nSPS) is 10.3. The second kappa shape index (κ2) is 13.3. The standard InChI is InChI=1S/C8H6O3.C7H6O2.C4H10O2/c9-7(8(10)11)6-4-2-1-3-5-6;8-7(9)6-4-2-1-3-5-6;1-2-4(6)3-5/h1-5H,(H,10,11);1-5H,(H,8,9);4-6H,2-3H2,1H3. The van der Waals surface area contributed by atoms with E-state index in [4.69, 9.17) is 20.4 Å². The number of aliphatic hydroxyl groups excluding tert-OH is 2. The summed E-state index contributed by atoms with van der Waals surface area (Å²) in [5.41, 5.74) is 0.539. The maximum atomic E-state index is 10.7.